The van der Waals surface area contributed by atoms with Crippen LogP contribution in [0.2, 0.25) is 5.02 Å². The van der Waals surface area contributed by atoms with Crippen LogP contribution in [0, 0.1) is 0 Å². The number of aromatic nitrogens is 2. The predicted molar refractivity (Wildman–Crippen MR) is 103 cm³/mol. The normalized spacial score (nSPS) is 11.7. The first-order chi connectivity index (χ1) is 12.2. The van der Waals surface area contributed by atoms with Crippen molar-refractivity contribution in [2.24, 2.45) is 12.2 Å². The topological polar surface area (TPSA) is 107 Å². The molecule has 1 amide bonds. The molecule has 1 heterocycles. The molecule has 0 saturated carbocycles. The summed E-state index contributed by atoms with van der Waals surface area (Å²) in [5.41, 5.74) is 1.86. The maximum absolute atomic E-state index is 12.1. The summed E-state index contributed by atoms with van der Waals surface area (Å²) in [5, 5.41) is 9.03. The van der Waals surface area contributed by atoms with Crippen LogP contribution >= 0.6 is 23.4 Å². The first kappa shape index (κ1) is 18.7. The van der Waals surface area contributed by atoms with Crippen LogP contribution in [0.15, 0.2) is 52.5 Å². The molecular weight excluding hydrogens is 396 g/mol. The number of primary sulfonamides is 1. The number of nitrogens with zero attached hydrogens (tertiary/aromatic N) is 2. The number of hydrogen-bond acceptors (Lipinski definition) is 5. The molecule has 3 aromatic rings. The molecule has 0 fully saturated rings. The number of aryl methyl sites for hydroxylation is 1. The molecule has 10 heteroatoms. The van der Waals surface area contributed by atoms with Crippen molar-refractivity contribution >= 4 is 56.0 Å². The standard InChI is InChI=1S/C16H15ClN4O3S2/c1-21-14-6-5-12(26(18,23)24)8-13(14)20-16(21)25-9-15(22)19-11-4-2-3-10(17)7-11/h2-8H,9H2,1H3,(H,19,22)(H2,18,23,24). The van der Waals surface area contributed by atoms with Crippen molar-refractivity contribution in [2.45, 2.75) is 10.1 Å². The van der Waals surface area contributed by atoms with Gasteiger partial charge in [-0.05, 0) is 36.4 Å². The van der Waals surface area contributed by atoms with Crippen LogP contribution in [0.3, 0.4) is 0 Å². The number of benzene rings is 2. The fourth-order valence-corrected chi connectivity index (χ4v) is 3.87. The molecule has 1 aromatic heterocycles. The van der Waals surface area contributed by atoms with Gasteiger partial charge >= 0.3 is 0 Å². The van der Waals surface area contributed by atoms with E-state index in [1.807, 2.05) is 0 Å². The minimum Gasteiger partial charge on any atom is -0.325 e. The predicted octanol–water partition coefficient (Wildman–Crippen LogP) is 2.60. The third-order valence-corrected chi connectivity index (χ3v) is 5.76. The summed E-state index contributed by atoms with van der Waals surface area (Å²) in [5.74, 6) is -0.0549. The van der Waals surface area contributed by atoms with E-state index in [9.17, 15) is 13.2 Å². The minimum absolute atomic E-state index is 0.00153. The van der Waals surface area contributed by atoms with E-state index in [0.29, 0.717) is 21.4 Å². The Morgan fingerprint density at radius 2 is 2.08 bits per heavy atom. The van der Waals surface area contributed by atoms with Gasteiger partial charge in [-0.15, -0.1) is 0 Å². The summed E-state index contributed by atoms with van der Waals surface area (Å²) in [6.45, 7) is 0. The minimum atomic E-state index is -3.79. The zero-order chi connectivity index (χ0) is 18.9. The first-order valence-corrected chi connectivity index (χ1v) is 10.3. The van der Waals surface area contributed by atoms with Crippen LogP contribution in [-0.2, 0) is 21.9 Å². The van der Waals surface area contributed by atoms with Crippen LogP contribution in [0.4, 0.5) is 5.69 Å². The van der Waals surface area contributed by atoms with Gasteiger partial charge in [-0.3, -0.25) is 4.79 Å². The molecule has 0 spiro atoms. The maximum atomic E-state index is 12.1. The number of hydrogen-bond donors (Lipinski definition) is 2. The number of amides is 1. The lowest BCUT2D eigenvalue weighted by atomic mass is 10.3. The summed E-state index contributed by atoms with van der Waals surface area (Å²) < 4.78 is 24.7. The highest BCUT2D eigenvalue weighted by Crippen LogP contribution is 2.25. The third-order valence-electron chi connectivity index (χ3n) is 3.58. The van der Waals surface area contributed by atoms with Crippen LogP contribution in [-0.4, -0.2) is 29.6 Å². The molecule has 3 N–H and O–H groups in total. The molecule has 2 aromatic carbocycles. The van der Waals surface area contributed by atoms with Gasteiger partial charge in [0, 0.05) is 17.8 Å². The molecule has 3 rings (SSSR count). The monoisotopic (exact) mass is 410 g/mol. The van der Waals surface area contributed by atoms with Crippen LogP contribution in [0.25, 0.3) is 11.0 Å². The molecule has 7 nitrogen and oxygen atoms in total. The molecule has 0 radical (unpaired) electrons. The molecule has 0 atom stereocenters. The Morgan fingerprint density at radius 3 is 2.77 bits per heavy atom. The van der Waals surface area contributed by atoms with Gasteiger partial charge in [-0.25, -0.2) is 18.5 Å². The highest BCUT2D eigenvalue weighted by molar-refractivity contribution is 7.99. The summed E-state index contributed by atoms with van der Waals surface area (Å²) in [4.78, 5) is 16.5. The van der Waals surface area contributed by atoms with Gasteiger partial charge in [0.05, 0.1) is 21.7 Å². The van der Waals surface area contributed by atoms with E-state index in [-0.39, 0.29) is 16.6 Å². The average Bonchev–Trinajstić information content (AvgIpc) is 2.88. The number of carbonyl (C=O) groups excluding carboxylic acids is 1. The molecule has 0 saturated heterocycles. The summed E-state index contributed by atoms with van der Waals surface area (Å²) in [6, 6.07) is 11.4. The van der Waals surface area contributed by atoms with Gasteiger partial charge in [0.25, 0.3) is 0 Å². The number of carbonyl (C=O) groups is 1. The number of nitrogens with two attached hydrogens (primary N) is 1. The van der Waals surface area contributed by atoms with Crippen molar-refractivity contribution in [1.82, 2.24) is 9.55 Å². The van der Waals surface area contributed by atoms with Crippen LogP contribution in [0.5, 0.6) is 0 Å². The van der Waals surface area contributed by atoms with Crippen molar-refractivity contribution in [2.75, 3.05) is 11.1 Å². The van der Waals surface area contributed by atoms with Gasteiger partial charge in [0.1, 0.15) is 0 Å². The fourth-order valence-electron chi connectivity index (χ4n) is 2.36. The van der Waals surface area contributed by atoms with Crippen LogP contribution < -0.4 is 10.5 Å². The lowest BCUT2D eigenvalue weighted by Crippen LogP contribution is -2.14. The zero-order valence-corrected chi connectivity index (χ0v) is 16.0. The van der Waals surface area contributed by atoms with Gasteiger partial charge in [0.15, 0.2) is 5.16 Å². The Bertz CT molecular complexity index is 1100. The number of halogens is 1. The second kappa shape index (κ2) is 7.28. The van der Waals surface area contributed by atoms with Crippen molar-refractivity contribution < 1.29 is 13.2 Å². The Morgan fingerprint density at radius 1 is 1.31 bits per heavy atom. The van der Waals surface area contributed by atoms with Crippen molar-refractivity contribution in [1.29, 1.82) is 0 Å². The number of anilines is 1. The van der Waals surface area contributed by atoms with Crippen LogP contribution in [0.1, 0.15) is 0 Å². The molecule has 0 bridgehead atoms. The Kier molecular flexibility index (Phi) is 5.24. The lowest BCUT2D eigenvalue weighted by molar-refractivity contribution is -0.113. The Labute approximate surface area is 159 Å². The van der Waals surface area contributed by atoms with E-state index in [1.54, 1.807) is 41.9 Å². The largest absolute Gasteiger partial charge is 0.325 e. The van der Waals surface area contributed by atoms with E-state index in [0.717, 1.165) is 5.52 Å². The number of thioether (sulfide) groups is 1. The zero-order valence-electron chi connectivity index (χ0n) is 13.6. The lowest BCUT2D eigenvalue weighted by Gasteiger charge is -2.05. The number of rotatable bonds is 5. The average molecular weight is 411 g/mol. The molecule has 136 valence electrons. The molecular formula is C16H15ClN4O3S2. The summed E-state index contributed by atoms with van der Waals surface area (Å²) in [7, 11) is -2.00. The highest BCUT2D eigenvalue weighted by Gasteiger charge is 2.14. The van der Waals surface area contributed by atoms with Crippen molar-refractivity contribution in [3.8, 4) is 0 Å². The SMILES string of the molecule is Cn1c(SCC(=O)Nc2cccc(Cl)c2)nc2cc(S(N)(=O)=O)ccc21. The number of fused-ring (bicyclic) bond motifs is 1. The maximum Gasteiger partial charge on any atom is 0.238 e. The van der Waals surface area contributed by atoms with E-state index in [2.05, 4.69) is 10.3 Å². The molecule has 26 heavy (non-hydrogen) atoms. The molecule has 0 aliphatic heterocycles. The number of sulfonamides is 1. The van der Waals surface area contributed by atoms with Gasteiger partial charge in [-0.2, -0.15) is 0 Å². The number of imidazole rings is 1. The van der Waals surface area contributed by atoms with Crippen molar-refractivity contribution in [3.05, 3.63) is 47.5 Å². The quantitative estimate of drug-likeness (QED) is 0.628. The van der Waals surface area contributed by atoms with E-state index in [1.165, 1.54) is 23.9 Å². The van der Waals surface area contributed by atoms with E-state index >= 15 is 0 Å². The Hall–Kier alpha value is -2.07. The molecule has 0 aliphatic carbocycles. The first-order valence-electron chi connectivity index (χ1n) is 7.41. The highest BCUT2D eigenvalue weighted by atomic mass is 35.5. The Balaban J connectivity index is 1.74. The fraction of sp³-hybridized carbons (Fsp3) is 0.125. The van der Waals surface area contributed by atoms with E-state index < -0.39 is 10.0 Å². The van der Waals surface area contributed by atoms with Crippen molar-refractivity contribution in [3.63, 3.8) is 0 Å². The van der Waals surface area contributed by atoms with Gasteiger partial charge in [-0.1, -0.05) is 29.4 Å². The number of nitrogens with one attached hydrogen (secondary N) is 1. The third kappa shape index (κ3) is 4.18. The summed E-state index contributed by atoms with van der Waals surface area (Å²) >= 11 is 7.13. The smallest absolute Gasteiger partial charge is 0.238 e. The van der Waals surface area contributed by atoms with Gasteiger partial charge in [0.2, 0.25) is 15.9 Å². The molecule has 0 unspecified atom stereocenters. The van der Waals surface area contributed by atoms with E-state index in [4.69, 9.17) is 16.7 Å². The molecule has 0 aliphatic rings. The second-order valence-corrected chi connectivity index (χ2v) is 8.44. The second-order valence-electron chi connectivity index (χ2n) is 5.50. The summed E-state index contributed by atoms with van der Waals surface area (Å²) in [6.07, 6.45) is 0. The van der Waals surface area contributed by atoms with Gasteiger partial charge < -0.3 is 9.88 Å².